The number of rotatable bonds is 1. The molecule has 2 rings (SSSR count). The third-order valence-corrected chi connectivity index (χ3v) is 2.40. The fourth-order valence-corrected chi connectivity index (χ4v) is 1.79. The highest BCUT2D eigenvalue weighted by Gasteiger charge is 2.43. The van der Waals surface area contributed by atoms with Crippen molar-refractivity contribution in [2.24, 2.45) is 0 Å². The van der Waals surface area contributed by atoms with Crippen LogP contribution in [0.1, 0.15) is 13.3 Å². The number of carbonyl (C=O) groups is 1. The highest BCUT2D eigenvalue weighted by atomic mass is 16.6. The summed E-state index contributed by atoms with van der Waals surface area (Å²) in [5, 5.41) is 6.08. The summed E-state index contributed by atoms with van der Waals surface area (Å²) >= 11 is 0. The molecule has 0 radical (unpaired) electrons. The molecule has 2 aliphatic heterocycles. The third-order valence-electron chi connectivity index (χ3n) is 2.40. The molecule has 2 N–H and O–H groups in total. The minimum absolute atomic E-state index is 0.0625. The topological polar surface area (TPSA) is 50.4 Å². The maximum absolute atomic E-state index is 10.8. The van der Waals surface area contributed by atoms with Gasteiger partial charge < -0.3 is 15.4 Å². The number of hydrogen-bond donors (Lipinski definition) is 2. The van der Waals surface area contributed by atoms with Gasteiger partial charge in [0.2, 0.25) is 0 Å². The van der Waals surface area contributed by atoms with E-state index in [9.17, 15) is 4.79 Å². The zero-order valence-electron chi connectivity index (χ0n) is 6.46. The molecule has 0 aromatic rings. The van der Waals surface area contributed by atoms with E-state index in [1.807, 2.05) is 0 Å². The van der Waals surface area contributed by atoms with Gasteiger partial charge in [0, 0.05) is 12.6 Å². The normalized spacial score (nSPS) is 41.5. The Bertz CT molecular complexity index is 183. The van der Waals surface area contributed by atoms with Gasteiger partial charge in [-0.2, -0.15) is 0 Å². The van der Waals surface area contributed by atoms with Crippen LogP contribution in [0.3, 0.4) is 0 Å². The van der Waals surface area contributed by atoms with E-state index in [1.54, 1.807) is 0 Å². The van der Waals surface area contributed by atoms with Gasteiger partial charge in [0.1, 0.15) is 6.10 Å². The molecule has 0 aromatic heterocycles. The van der Waals surface area contributed by atoms with Crippen molar-refractivity contribution < 1.29 is 9.53 Å². The average Bonchev–Trinajstić information content (AvgIpc) is 2.45. The van der Waals surface area contributed by atoms with Crippen LogP contribution in [-0.4, -0.2) is 30.8 Å². The van der Waals surface area contributed by atoms with Gasteiger partial charge in [-0.05, 0) is 6.42 Å². The van der Waals surface area contributed by atoms with E-state index in [0.717, 1.165) is 13.0 Å². The van der Waals surface area contributed by atoms with Crippen LogP contribution in [0, 0.1) is 0 Å². The fourth-order valence-electron chi connectivity index (χ4n) is 1.79. The molecule has 2 heterocycles. The maximum Gasteiger partial charge on any atom is 0.407 e. The van der Waals surface area contributed by atoms with Gasteiger partial charge in [0.25, 0.3) is 0 Å². The van der Waals surface area contributed by atoms with Gasteiger partial charge in [0.05, 0.1) is 6.04 Å². The molecule has 4 heteroatoms. The number of alkyl carbamates (subject to hydrolysis) is 1. The predicted molar refractivity (Wildman–Crippen MR) is 39.3 cm³/mol. The Hall–Kier alpha value is -0.770. The molecular formula is C7H12N2O2. The molecular weight excluding hydrogens is 144 g/mol. The van der Waals surface area contributed by atoms with Gasteiger partial charge in [-0.25, -0.2) is 4.79 Å². The van der Waals surface area contributed by atoms with E-state index in [0.29, 0.717) is 6.04 Å². The number of amides is 1. The lowest BCUT2D eigenvalue weighted by atomic mass is 10.1. The smallest absolute Gasteiger partial charge is 0.407 e. The van der Waals surface area contributed by atoms with Gasteiger partial charge >= 0.3 is 6.09 Å². The van der Waals surface area contributed by atoms with Crippen LogP contribution in [0.15, 0.2) is 0 Å². The number of hydrogen-bond acceptors (Lipinski definition) is 3. The fraction of sp³-hybridized carbons (Fsp3) is 0.857. The summed E-state index contributed by atoms with van der Waals surface area (Å²) in [6, 6.07) is 0.596. The van der Waals surface area contributed by atoms with E-state index in [1.165, 1.54) is 0 Å². The Labute approximate surface area is 65.3 Å². The summed E-state index contributed by atoms with van der Waals surface area (Å²) in [4.78, 5) is 10.8. The Morgan fingerprint density at radius 2 is 2.55 bits per heavy atom. The van der Waals surface area contributed by atoms with Crippen molar-refractivity contribution in [1.29, 1.82) is 0 Å². The first-order valence-electron chi connectivity index (χ1n) is 4.02. The number of nitrogens with one attached hydrogen (secondary N) is 2. The third kappa shape index (κ3) is 0.976. The molecule has 0 aromatic carbocycles. The van der Waals surface area contributed by atoms with E-state index >= 15 is 0 Å². The second kappa shape index (κ2) is 2.37. The minimum Gasteiger partial charge on any atom is -0.443 e. The van der Waals surface area contributed by atoms with Crippen molar-refractivity contribution in [3.05, 3.63) is 0 Å². The van der Waals surface area contributed by atoms with Crippen LogP contribution in [0.25, 0.3) is 0 Å². The molecule has 0 saturated carbocycles. The lowest BCUT2D eigenvalue weighted by molar-refractivity contribution is 0.142. The number of fused-ring (bicyclic) bond motifs is 1. The van der Waals surface area contributed by atoms with Crippen LogP contribution in [0.2, 0.25) is 0 Å². The minimum atomic E-state index is -0.264. The number of carbonyl (C=O) groups excluding carboxylic acids is 1. The second-order valence-electron chi connectivity index (χ2n) is 3.04. The predicted octanol–water partition coefficient (Wildman–Crippen LogP) is -0.155. The van der Waals surface area contributed by atoms with Crippen LogP contribution in [0.5, 0.6) is 0 Å². The molecule has 0 aliphatic carbocycles. The van der Waals surface area contributed by atoms with E-state index in [2.05, 4.69) is 17.6 Å². The number of ether oxygens (including phenoxy) is 1. The standard InChI is InChI=1S/C7H12N2O2/c1-2-4-6-5(3-8-4)11-7(10)9-6/h4-6,8H,2-3H2,1H3,(H,9,10). The van der Waals surface area contributed by atoms with Gasteiger partial charge in [-0.3, -0.25) is 0 Å². The van der Waals surface area contributed by atoms with Crippen molar-refractivity contribution >= 4 is 6.09 Å². The van der Waals surface area contributed by atoms with Crippen LogP contribution >= 0.6 is 0 Å². The SMILES string of the molecule is CCC1NCC2OC(=O)NC12. The summed E-state index contributed by atoms with van der Waals surface area (Å²) in [5.41, 5.74) is 0. The summed E-state index contributed by atoms with van der Waals surface area (Å²) in [7, 11) is 0. The molecule has 2 fully saturated rings. The molecule has 0 bridgehead atoms. The van der Waals surface area contributed by atoms with Crippen molar-refractivity contribution in [1.82, 2.24) is 10.6 Å². The quantitative estimate of drug-likeness (QED) is 0.555. The molecule has 2 saturated heterocycles. The second-order valence-corrected chi connectivity index (χ2v) is 3.04. The van der Waals surface area contributed by atoms with Crippen LogP contribution in [-0.2, 0) is 4.74 Å². The van der Waals surface area contributed by atoms with Crippen molar-refractivity contribution in [3.63, 3.8) is 0 Å². The van der Waals surface area contributed by atoms with Crippen molar-refractivity contribution in [2.75, 3.05) is 6.54 Å². The Morgan fingerprint density at radius 3 is 3.27 bits per heavy atom. The van der Waals surface area contributed by atoms with Gasteiger partial charge in [0.15, 0.2) is 0 Å². The average molecular weight is 156 g/mol. The zero-order valence-corrected chi connectivity index (χ0v) is 6.46. The lowest BCUT2D eigenvalue weighted by Gasteiger charge is -2.13. The lowest BCUT2D eigenvalue weighted by Crippen LogP contribution is -2.40. The summed E-state index contributed by atoms with van der Waals surface area (Å²) in [6.45, 7) is 2.90. The van der Waals surface area contributed by atoms with E-state index in [-0.39, 0.29) is 18.2 Å². The maximum atomic E-state index is 10.8. The van der Waals surface area contributed by atoms with Gasteiger partial charge in [-0.1, -0.05) is 6.92 Å². The first kappa shape index (κ1) is 6.91. The first-order chi connectivity index (χ1) is 5.31. The molecule has 3 unspecified atom stereocenters. The summed E-state index contributed by atoms with van der Waals surface area (Å²) in [5.74, 6) is 0. The first-order valence-corrected chi connectivity index (χ1v) is 4.02. The van der Waals surface area contributed by atoms with Crippen LogP contribution in [0.4, 0.5) is 4.79 Å². The highest BCUT2D eigenvalue weighted by Crippen LogP contribution is 2.19. The highest BCUT2D eigenvalue weighted by molar-refractivity contribution is 5.70. The van der Waals surface area contributed by atoms with E-state index in [4.69, 9.17) is 4.74 Å². The Balaban J connectivity index is 2.07. The molecule has 1 amide bonds. The van der Waals surface area contributed by atoms with Crippen molar-refractivity contribution in [2.45, 2.75) is 31.5 Å². The zero-order chi connectivity index (χ0) is 7.84. The summed E-state index contributed by atoms with van der Waals surface area (Å²) in [6.07, 6.45) is 0.831. The Kier molecular flexibility index (Phi) is 1.49. The molecule has 4 nitrogen and oxygen atoms in total. The summed E-state index contributed by atoms with van der Waals surface area (Å²) < 4.78 is 5.00. The monoisotopic (exact) mass is 156 g/mol. The molecule has 11 heavy (non-hydrogen) atoms. The molecule has 0 spiro atoms. The largest absolute Gasteiger partial charge is 0.443 e. The van der Waals surface area contributed by atoms with E-state index < -0.39 is 0 Å². The molecule has 62 valence electrons. The van der Waals surface area contributed by atoms with Crippen molar-refractivity contribution in [3.8, 4) is 0 Å². The van der Waals surface area contributed by atoms with Gasteiger partial charge in [-0.15, -0.1) is 0 Å². The molecule has 2 aliphatic rings. The van der Waals surface area contributed by atoms with Crippen LogP contribution < -0.4 is 10.6 Å². The molecule has 3 atom stereocenters. The Morgan fingerprint density at radius 1 is 1.73 bits per heavy atom.